The standard InChI is InChI=1S/C28H33FN4O7S/c1-7-39-27(36)23-16(4)22-25(35)33(17(5)24(34)31-15(2)3)28(37)32(26(22)41-23)14-21(40-12-8-11-30)19-13-18(29)9-10-20(19)38-6/h9-10,13,15,17,21H,7-8,12,14H2,1-6H3,(H,31,34). The van der Waals surface area contributed by atoms with Gasteiger partial charge in [-0.3, -0.25) is 14.2 Å². The summed E-state index contributed by atoms with van der Waals surface area (Å²) in [5, 5.41) is 11.8. The van der Waals surface area contributed by atoms with Gasteiger partial charge in [-0.05, 0) is 58.4 Å². The van der Waals surface area contributed by atoms with Gasteiger partial charge in [0.15, 0.2) is 0 Å². The third-order valence-corrected chi connectivity index (χ3v) is 7.62. The molecule has 2 aromatic heterocycles. The van der Waals surface area contributed by atoms with Crippen LogP contribution in [-0.4, -0.2) is 47.4 Å². The predicted molar refractivity (Wildman–Crippen MR) is 151 cm³/mol. The summed E-state index contributed by atoms with van der Waals surface area (Å²) in [7, 11) is 1.40. The van der Waals surface area contributed by atoms with Crippen LogP contribution in [0.2, 0.25) is 0 Å². The number of ether oxygens (including phenoxy) is 3. The molecule has 0 spiro atoms. The molecule has 0 saturated heterocycles. The van der Waals surface area contributed by atoms with Crippen LogP contribution in [0.3, 0.4) is 0 Å². The number of benzene rings is 1. The molecule has 3 rings (SSSR count). The third-order valence-electron chi connectivity index (χ3n) is 6.32. The van der Waals surface area contributed by atoms with Crippen molar-refractivity contribution in [1.29, 1.82) is 5.26 Å². The second kappa shape index (κ2) is 13.6. The lowest BCUT2D eigenvalue weighted by molar-refractivity contribution is -0.124. The van der Waals surface area contributed by atoms with Crippen LogP contribution >= 0.6 is 11.3 Å². The van der Waals surface area contributed by atoms with Gasteiger partial charge in [0.05, 0.1) is 44.7 Å². The highest BCUT2D eigenvalue weighted by Crippen LogP contribution is 2.33. The first-order valence-corrected chi connectivity index (χ1v) is 13.9. The molecule has 41 heavy (non-hydrogen) atoms. The highest BCUT2D eigenvalue weighted by Gasteiger charge is 2.29. The van der Waals surface area contributed by atoms with Gasteiger partial charge in [0, 0.05) is 11.6 Å². The summed E-state index contributed by atoms with van der Waals surface area (Å²) in [5.41, 5.74) is -0.984. The number of amides is 1. The number of rotatable bonds is 12. The van der Waals surface area contributed by atoms with Crippen LogP contribution in [0.15, 0.2) is 27.8 Å². The molecule has 0 radical (unpaired) electrons. The van der Waals surface area contributed by atoms with Crippen molar-refractivity contribution in [3.63, 3.8) is 0 Å². The fourth-order valence-electron chi connectivity index (χ4n) is 4.39. The van der Waals surface area contributed by atoms with Gasteiger partial charge >= 0.3 is 11.7 Å². The summed E-state index contributed by atoms with van der Waals surface area (Å²) in [6.45, 7) is 7.96. The van der Waals surface area contributed by atoms with Gasteiger partial charge in [0.1, 0.15) is 33.4 Å². The van der Waals surface area contributed by atoms with Crippen LogP contribution in [0.25, 0.3) is 10.2 Å². The molecule has 0 fully saturated rings. The van der Waals surface area contributed by atoms with Crippen molar-refractivity contribution in [1.82, 2.24) is 14.5 Å². The van der Waals surface area contributed by atoms with Gasteiger partial charge in [-0.2, -0.15) is 5.26 Å². The molecule has 0 aliphatic carbocycles. The number of aryl methyl sites for hydroxylation is 1. The molecule has 0 saturated carbocycles. The molecule has 0 bridgehead atoms. The van der Waals surface area contributed by atoms with E-state index in [1.165, 1.54) is 36.8 Å². The summed E-state index contributed by atoms with van der Waals surface area (Å²) in [5.74, 6) is -1.49. The number of thiophene rings is 1. The number of esters is 1. The molecule has 13 heteroatoms. The lowest BCUT2D eigenvalue weighted by Gasteiger charge is -2.23. The van der Waals surface area contributed by atoms with Gasteiger partial charge in [-0.25, -0.2) is 18.5 Å². The van der Waals surface area contributed by atoms with Crippen LogP contribution in [0.5, 0.6) is 5.75 Å². The Morgan fingerprint density at radius 3 is 2.54 bits per heavy atom. The minimum atomic E-state index is -1.19. The molecule has 2 heterocycles. The summed E-state index contributed by atoms with van der Waals surface area (Å²) in [6.07, 6.45) is -0.982. The Morgan fingerprint density at radius 1 is 1.22 bits per heavy atom. The largest absolute Gasteiger partial charge is 0.496 e. The van der Waals surface area contributed by atoms with Crippen molar-refractivity contribution in [2.24, 2.45) is 0 Å². The molecular formula is C28H33FN4O7S. The molecule has 11 nitrogen and oxygen atoms in total. The Kier molecular flexibility index (Phi) is 10.4. The molecule has 2 unspecified atom stereocenters. The first-order chi connectivity index (χ1) is 19.5. The number of aromatic nitrogens is 2. The van der Waals surface area contributed by atoms with Crippen LogP contribution in [-0.2, 0) is 20.8 Å². The number of nitrogens with one attached hydrogen (secondary N) is 1. The minimum Gasteiger partial charge on any atom is -0.496 e. The number of methoxy groups -OCH3 is 1. The summed E-state index contributed by atoms with van der Waals surface area (Å²) in [4.78, 5) is 53.7. The first kappa shape index (κ1) is 31.5. The number of nitrogens with zero attached hydrogens (tertiary/aromatic N) is 3. The average molecular weight is 589 g/mol. The van der Waals surface area contributed by atoms with E-state index < -0.39 is 41.1 Å². The van der Waals surface area contributed by atoms with Gasteiger partial charge in [0.25, 0.3) is 5.56 Å². The van der Waals surface area contributed by atoms with Crippen molar-refractivity contribution in [3.05, 3.63) is 60.9 Å². The lowest BCUT2D eigenvalue weighted by Crippen LogP contribution is -2.47. The summed E-state index contributed by atoms with van der Waals surface area (Å²) >= 11 is 0.906. The maximum Gasteiger partial charge on any atom is 0.348 e. The Labute approximate surface area is 240 Å². The van der Waals surface area contributed by atoms with E-state index >= 15 is 0 Å². The maximum absolute atomic E-state index is 14.4. The molecule has 3 aromatic rings. The predicted octanol–water partition coefficient (Wildman–Crippen LogP) is 3.61. The zero-order valence-corrected chi connectivity index (χ0v) is 24.6. The Morgan fingerprint density at radius 2 is 1.93 bits per heavy atom. The zero-order chi connectivity index (χ0) is 30.4. The smallest absolute Gasteiger partial charge is 0.348 e. The Balaban J connectivity index is 2.34. The molecule has 1 N–H and O–H groups in total. The lowest BCUT2D eigenvalue weighted by atomic mass is 10.1. The van der Waals surface area contributed by atoms with E-state index in [2.05, 4.69) is 5.32 Å². The van der Waals surface area contributed by atoms with Gasteiger partial charge < -0.3 is 19.5 Å². The molecule has 0 aliphatic heterocycles. The fourth-order valence-corrected chi connectivity index (χ4v) is 5.59. The van der Waals surface area contributed by atoms with Crippen molar-refractivity contribution < 1.29 is 28.2 Å². The number of hydrogen-bond acceptors (Lipinski definition) is 9. The highest BCUT2D eigenvalue weighted by atomic mass is 32.1. The number of carbonyl (C=O) groups is 2. The summed E-state index contributed by atoms with van der Waals surface area (Å²) < 4.78 is 33.0. The Hall–Kier alpha value is -4.02. The van der Waals surface area contributed by atoms with E-state index in [4.69, 9.17) is 19.5 Å². The van der Waals surface area contributed by atoms with Crippen molar-refractivity contribution in [3.8, 4) is 11.8 Å². The normalized spacial score (nSPS) is 12.7. The van der Waals surface area contributed by atoms with Crippen LogP contribution in [0.1, 0.15) is 67.1 Å². The molecule has 2 atom stereocenters. The number of fused-ring (bicyclic) bond motifs is 1. The van der Waals surface area contributed by atoms with E-state index in [9.17, 15) is 23.6 Å². The monoisotopic (exact) mass is 588 g/mol. The van der Waals surface area contributed by atoms with Crippen molar-refractivity contribution in [2.45, 2.75) is 65.8 Å². The maximum atomic E-state index is 14.4. The van der Waals surface area contributed by atoms with E-state index in [1.54, 1.807) is 27.7 Å². The fraction of sp³-hybridized carbons (Fsp3) is 0.464. The highest BCUT2D eigenvalue weighted by molar-refractivity contribution is 7.20. The number of carbonyl (C=O) groups excluding carboxylic acids is 2. The van der Waals surface area contributed by atoms with E-state index in [1.807, 2.05) is 6.07 Å². The van der Waals surface area contributed by atoms with Gasteiger partial charge in [-0.15, -0.1) is 11.3 Å². The minimum absolute atomic E-state index is 0.0233. The number of nitriles is 1. The quantitative estimate of drug-likeness (QED) is 0.250. The first-order valence-electron chi connectivity index (χ1n) is 13.0. The van der Waals surface area contributed by atoms with Gasteiger partial charge in [0.2, 0.25) is 5.91 Å². The van der Waals surface area contributed by atoms with E-state index in [0.29, 0.717) is 5.56 Å². The number of hydrogen-bond donors (Lipinski definition) is 1. The van der Waals surface area contributed by atoms with Crippen molar-refractivity contribution in [2.75, 3.05) is 20.3 Å². The van der Waals surface area contributed by atoms with Gasteiger partial charge in [-0.1, -0.05) is 0 Å². The topological polar surface area (TPSA) is 142 Å². The SMILES string of the molecule is CCOC(=O)c1sc2c(c1C)c(=O)n(C(C)C(=O)NC(C)C)c(=O)n2CC(OCCC#N)c1cc(F)ccc1OC. The van der Waals surface area contributed by atoms with E-state index in [0.717, 1.165) is 15.9 Å². The molecular weight excluding hydrogens is 555 g/mol. The van der Waals surface area contributed by atoms with Crippen LogP contribution < -0.4 is 21.3 Å². The molecule has 220 valence electrons. The summed E-state index contributed by atoms with van der Waals surface area (Å²) in [6, 6.07) is 4.36. The average Bonchev–Trinajstić information content (AvgIpc) is 3.27. The second-order valence-corrected chi connectivity index (χ2v) is 10.5. The van der Waals surface area contributed by atoms with Crippen molar-refractivity contribution >= 4 is 33.4 Å². The van der Waals surface area contributed by atoms with Crippen LogP contribution in [0.4, 0.5) is 4.39 Å². The van der Waals surface area contributed by atoms with E-state index in [-0.39, 0.29) is 58.6 Å². The molecule has 1 aromatic carbocycles. The third kappa shape index (κ3) is 6.66. The molecule has 0 aliphatic rings. The number of halogens is 1. The Bertz CT molecular complexity index is 1600. The zero-order valence-electron chi connectivity index (χ0n) is 23.8. The molecule has 1 amide bonds. The second-order valence-electron chi connectivity index (χ2n) is 9.52. The van der Waals surface area contributed by atoms with Crippen LogP contribution in [0, 0.1) is 24.1 Å².